The summed E-state index contributed by atoms with van der Waals surface area (Å²) in [6.07, 6.45) is 0. The van der Waals surface area contributed by atoms with Crippen molar-refractivity contribution in [1.29, 1.82) is 0 Å². The lowest BCUT2D eigenvalue weighted by Crippen LogP contribution is -2.84. The summed E-state index contributed by atoms with van der Waals surface area (Å²) in [5.41, 5.74) is 5.41. The fourth-order valence-electron chi connectivity index (χ4n) is 6.54. The Balaban J connectivity index is 1.59. The van der Waals surface area contributed by atoms with E-state index in [2.05, 4.69) is 153 Å². The highest BCUT2D eigenvalue weighted by atomic mass is 29.3. The van der Waals surface area contributed by atoms with Gasteiger partial charge in [-0.25, -0.2) is 0 Å². The average molecular weight is 507 g/mol. The van der Waals surface area contributed by atoms with Gasteiger partial charge >= 0.3 is 0 Å². The van der Waals surface area contributed by atoms with Gasteiger partial charge in [0.15, 0.2) is 0 Å². The van der Waals surface area contributed by atoms with Crippen molar-refractivity contribution in [1.82, 2.24) is 0 Å². The van der Waals surface area contributed by atoms with Crippen LogP contribution >= 0.6 is 0 Å². The Bertz CT molecular complexity index is 1090. The van der Waals surface area contributed by atoms with Gasteiger partial charge in [-0.05, 0) is 61.6 Å². The minimum absolute atomic E-state index is 1.05. The quantitative estimate of drug-likeness (QED) is 0.296. The molecule has 0 spiro atoms. The Hall–Kier alpha value is -3.49. The van der Waals surface area contributed by atoms with Crippen LogP contribution in [0.15, 0.2) is 121 Å². The molecular weight excluding hydrogens is 473 g/mol. The molecule has 36 heavy (non-hydrogen) atoms. The Morgan fingerprint density at radius 1 is 0.361 bits per heavy atom. The van der Waals surface area contributed by atoms with Crippen molar-refractivity contribution < 1.29 is 0 Å². The minimum Gasteiger partial charge on any atom is -0.379 e. The van der Waals surface area contributed by atoms with E-state index in [1.807, 2.05) is 0 Å². The van der Waals surface area contributed by atoms with Gasteiger partial charge in [0.25, 0.3) is 15.8 Å². The number of nitrogens with zero attached hydrogens (tertiary/aromatic N) is 4. The van der Waals surface area contributed by atoms with Gasteiger partial charge in [-0.2, -0.15) is 0 Å². The molecule has 6 heteroatoms. The Labute approximate surface area is 217 Å². The molecule has 4 nitrogen and oxygen atoms in total. The van der Waals surface area contributed by atoms with Crippen LogP contribution in [-0.2, 0) is 0 Å². The first-order valence-electron chi connectivity index (χ1n) is 12.9. The fraction of sp³-hybridized carbons (Fsp3) is 0.200. The van der Waals surface area contributed by atoms with Gasteiger partial charge in [-0.3, -0.25) is 0 Å². The lowest BCUT2D eigenvalue weighted by Gasteiger charge is -2.55. The maximum absolute atomic E-state index is 2.82. The van der Waals surface area contributed by atoms with Crippen molar-refractivity contribution in [2.75, 3.05) is 44.4 Å². The predicted molar refractivity (Wildman–Crippen MR) is 158 cm³/mol. The van der Waals surface area contributed by atoms with E-state index in [0.717, 1.165) is 26.2 Å². The van der Waals surface area contributed by atoms with Crippen LogP contribution in [0.1, 0.15) is 0 Å². The molecule has 0 aromatic heterocycles. The van der Waals surface area contributed by atoms with E-state index < -0.39 is 15.8 Å². The van der Waals surface area contributed by atoms with E-state index >= 15 is 0 Å². The van der Waals surface area contributed by atoms with E-state index in [1.165, 1.54) is 22.7 Å². The highest BCUT2D eigenvalue weighted by Gasteiger charge is 2.69. The molecule has 4 aromatic rings. The maximum Gasteiger partial charge on any atom is 0.294 e. The van der Waals surface area contributed by atoms with Gasteiger partial charge in [0.05, 0.1) is 0 Å². The fourth-order valence-corrected chi connectivity index (χ4v) is 22.9. The Kier molecular flexibility index (Phi) is 5.86. The first kappa shape index (κ1) is 22.9. The van der Waals surface area contributed by atoms with Crippen LogP contribution in [0.4, 0.5) is 22.7 Å². The molecule has 2 aliphatic rings. The lowest BCUT2D eigenvalue weighted by molar-refractivity contribution is 1.02. The molecule has 2 aliphatic heterocycles. The molecular formula is C30H34N4Si2. The predicted octanol–water partition coefficient (Wildman–Crippen LogP) is 6.26. The minimum atomic E-state index is -2.35. The normalized spacial score (nSPS) is 18.6. The molecule has 0 saturated carbocycles. The zero-order valence-electron chi connectivity index (χ0n) is 21.2. The summed E-state index contributed by atoms with van der Waals surface area (Å²) in [5, 5.41) is 0. The molecule has 0 bridgehead atoms. The largest absolute Gasteiger partial charge is 0.379 e. The highest BCUT2D eigenvalue weighted by Crippen LogP contribution is 2.45. The van der Waals surface area contributed by atoms with Crippen LogP contribution in [0, 0.1) is 0 Å². The van der Waals surface area contributed by atoms with Crippen molar-refractivity contribution in [2.24, 2.45) is 0 Å². The molecule has 4 aromatic carbocycles. The summed E-state index contributed by atoms with van der Waals surface area (Å²) in [7, 11) is -4.70. The van der Waals surface area contributed by atoms with Gasteiger partial charge in [-0.1, -0.05) is 72.8 Å². The van der Waals surface area contributed by atoms with E-state index in [1.54, 1.807) is 0 Å². The Morgan fingerprint density at radius 3 is 0.750 bits per heavy atom. The third-order valence-electron chi connectivity index (χ3n) is 8.37. The molecule has 2 heterocycles. The summed E-state index contributed by atoms with van der Waals surface area (Å²) in [4.78, 5) is 0. The van der Waals surface area contributed by atoms with Crippen LogP contribution in [0.2, 0.25) is 13.1 Å². The van der Waals surface area contributed by atoms with Gasteiger partial charge < -0.3 is 18.3 Å². The summed E-state index contributed by atoms with van der Waals surface area (Å²) < 4.78 is 11.3. The van der Waals surface area contributed by atoms with Crippen molar-refractivity contribution >= 4 is 38.6 Å². The number of rotatable bonds is 5. The topological polar surface area (TPSA) is 13.0 Å². The van der Waals surface area contributed by atoms with Crippen LogP contribution < -0.4 is 18.3 Å². The number of anilines is 4. The third kappa shape index (κ3) is 3.47. The van der Waals surface area contributed by atoms with Gasteiger partial charge in [0, 0.05) is 48.9 Å². The lowest BCUT2D eigenvalue weighted by atomic mass is 10.3. The third-order valence-corrected chi connectivity index (χ3v) is 24.9. The van der Waals surface area contributed by atoms with Crippen molar-refractivity contribution in [3.63, 3.8) is 0 Å². The average Bonchev–Trinajstić information content (AvgIpc) is 3.49. The van der Waals surface area contributed by atoms with Crippen LogP contribution in [0.3, 0.4) is 0 Å². The molecule has 0 unspecified atom stereocenters. The summed E-state index contributed by atoms with van der Waals surface area (Å²) >= 11 is 0. The monoisotopic (exact) mass is 506 g/mol. The maximum atomic E-state index is 2.82. The summed E-state index contributed by atoms with van der Waals surface area (Å²) in [6, 6.07) is 44.6. The second-order valence-corrected chi connectivity index (χ2v) is 21.9. The molecule has 182 valence electrons. The zero-order valence-corrected chi connectivity index (χ0v) is 23.2. The SMILES string of the molecule is C[Si]1([Si]2(C)N(c3ccccc3)CCN2c2ccccc2)N(c2ccccc2)CCN1c1ccccc1. The molecule has 0 atom stereocenters. The van der Waals surface area contributed by atoms with Crippen molar-refractivity contribution in [2.45, 2.75) is 13.1 Å². The van der Waals surface area contributed by atoms with Gasteiger partial charge in [-0.15, -0.1) is 0 Å². The number of hydrogen-bond acceptors (Lipinski definition) is 4. The van der Waals surface area contributed by atoms with E-state index in [9.17, 15) is 0 Å². The number of para-hydroxylation sites is 4. The highest BCUT2D eigenvalue weighted by molar-refractivity contribution is 7.46. The molecule has 0 amide bonds. The second-order valence-electron chi connectivity index (χ2n) is 9.99. The Morgan fingerprint density at radius 2 is 0.556 bits per heavy atom. The molecule has 0 N–H and O–H groups in total. The van der Waals surface area contributed by atoms with E-state index in [0.29, 0.717) is 0 Å². The second kappa shape index (κ2) is 9.19. The first-order chi connectivity index (χ1) is 17.6. The van der Waals surface area contributed by atoms with E-state index in [-0.39, 0.29) is 0 Å². The summed E-state index contributed by atoms with van der Waals surface area (Å²) in [5.74, 6) is 0. The van der Waals surface area contributed by atoms with E-state index in [4.69, 9.17) is 0 Å². The number of hydrogen-bond donors (Lipinski definition) is 0. The van der Waals surface area contributed by atoms with Crippen LogP contribution in [-0.4, -0.2) is 42.0 Å². The van der Waals surface area contributed by atoms with Crippen LogP contribution in [0.25, 0.3) is 0 Å². The molecule has 6 rings (SSSR count). The molecule has 2 fully saturated rings. The first-order valence-corrected chi connectivity index (χ1v) is 18.7. The number of benzene rings is 4. The molecule has 0 aliphatic carbocycles. The zero-order chi connectivity index (χ0) is 24.6. The smallest absolute Gasteiger partial charge is 0.294 e. The van der Waals surface area contributed by atoms with Gasteiger partial charge in [0.1, 0.15) is 0 Å². The van der Waals surface area contributed by atoms with Crippen molar-refractivity contribution in [3.05, 3.63) is 121 Å². The van der Waals surface area contributed by atoms with Crippen molar-refractivity contribution in [3.8, 4) is 0 Å². The molecule has 0 radical (unpaired) electrons. The molecule has 2 saturated heterocycles. The van der Waals surface area contributed by atoms with Crippen LogP contribution in [0.5, 0.6) is 0 Å². The standard InChI is InChI=1S/C30H34N4Si2/c1-35(31(27-15-7-3-8-16-27)23-24-32(35)28-17-9-4-10-18-28)36(2)33(29-19-11-5-12-20-29)25-26-34(36)30-21-13-6-14-22-30/h3-22H,23-26H2,1-2H3. The summed E-state index contributed by atoms with van der Waals surface area (Å²) in [6.45, 7) is 9.49. The van der Waals surface area contributed by atoms with Gasteiger partial charge in [0.2, 0.25) is 0 Å².